The summed E-state index contributed by atoms with van der Waals surface area (Å²) in [5.41, 5.74) is 0. The van der Waals surface area contributed by atoms with E-state index in [1.54, 1.807) is 6.92 Å². The monoisotopic (exact) mass is 300 g/mol. The molecule has 2 nitrogen and oxygen atoms in total. The summed E-state index contributed by atoms with van der Waals surface area (Å²) in [4.78, 5) is 0. The summed E-state index contributed by atoms with van der Waals surface area (Å²) in [6.45, 7) is 4.66. The molecule has 0 aromatic carbocycles. The normalized spacial score (nSPS) is 12.7. The van der Waals surface area contributed by atoms with Gasteiger partial charge in [0.2, 0.25) is 0 Å². The van der Waals surface area contributed by atoms with Crippen molar-refractivity contribution in [1.29, 1.82) is 0 Å². The first-order chi connectivity index (χ1) is 10.3. The fraction of sp³-hybridized carbons (Fsp3) is 1.00. The van der Waals surface area contributed by atoms with Crippen LogP contribution < -0.4 is 0 Å². The fourth-order valence-electron chi connectivity index (χ4n) is 2.73. The zero-order valence-electron chi connectivity index (χ0n) is 14.7. The van der Waals surface area contributed by atoms with Gasteiger partial charge in [-0.05, 0) is 13.3 Å². The molecule has 0 aliphatic heterocycles. The van der Waals surface area contributed by atoms with Crippen LogP contribution in [0.2, 0.25) is 0 Å². The van der Waals surface area contributed by atoms with Gasteiger partial charge < -0.3 is 9.84 Å². The Kier molecular flexibility index (Phi) is 17.9. The Morgan fingerprint density at radius 2 is 0.952 bits per heavy atom. The first-order valence-electron chi connectivity index (χ1n) is 9.57. The van der Waals surface area contributed by atoms with E-state index in [2.05, 4.69) is 6.92 Å². The van der Waals surface area contributed by atoms with Crippen LogP contribution in [0.25, 0.3) is 0 Å². The number of aliphatic hydroxyl groups excluding tert-OH is 1. The SMILES string of the molecule is CCCCCCCCCCCCCCCCCOC(C)O. The van der Waals surface area contributed by atoms with E-state index in [0.29, 0.717) is 6.61 Å². The largest absolute Gasteiger partial charge is 0.368 e. The average molecular weight is 301 g/mol. The predicted molar refractivity (Wildman–Crippen MR) is 92.6 cm³/mol. The summed E-state index contributed by atoms with van der Waals surface area (Å²) in [6.07, 6.45) is 20.1. The van der Waals surface area contributed by atoms with Gasteiger partial charge in [0.15, 0.2) is 6.29 Å². The first kappa shape index (κ1) is 20.9. The molecule has 2 heteroatoms. The van der Waals surface area contributed by atoms with Crippen LogP contribution in [-0.2, 0) is 4.74 Å². The molecular weight excluding hydrogens is 260 g/mol. The molecule has 1 atom stereocenters. The Hall–Kier alpha value is -0.0800. The molecule has 0 spiro atoms. The van der Waals surface area contributed by atoms with E-state index in [-0.39, 0.29) is 0 Å². The second kappa shape index (κ2) is 18.0. The van der Waals surface area contributed by atoms with Crippen molar-refractivity contribution in [1.82, 2.24) is 0 Å². The van der Waals surface area contributed by atoms with Crippen LogP contribution in [-0.4, -0.2) is 18.0 Å². The van der Waals surface area contributed by atoms with Crippen molar-refractivity contribution in [2.24, 2.45) is 0 Å². The second-order valence-electron chi connectivity index (χ2n) is 6.42. The van der Waals surface area contributed by atoms with Gasteiger partial charge in [-0.1, -0.05) is 96.8 Å². The van der Waals surface area contributed by atoms with Gasteiger partial charge in [0.05, 0.1) is 0 Å². The van der Waals surface area contributed by atoms with E-state index in [9.17, 15) is 0 Å². The summed E-state index contributed by atoms with van der Waals surface area (Å²) in [7, 11) is 0. The fourth-order valence-corrected chi connectivity index (χ4v) is 2.73. The molecule has 0 saturated carbocycles. The molecule has 0 aromatic heterocycles. The average Bonchev–Trinajstić information content (AvgIpc) is 2.46. The smallest absolute Gasteiger partial charge is 0.151 e. The molecule has 0 bridgehead atoms. The van der Waals surface area contributed by atoms with Gasteiger partial charge in [-0.15, -0.1) is 0 Å². The minimum atomic E-state index is -0.600. The van der Waals surface area contributed by atoms with E-state index in [4.69, 9.17) is 9.84 Å². The van der Waals surface area contributed by atoms with Crippen molar-refractivity contribution in [3.63, 3.8) is 0 Å². The number of rotatable bonds is 17. The van der Waals surface area contributed by atoms with Gasteiger partial charge in [-0.25, -0.2) is 0 Å². The molecular formula is C19H40O2. The third-order valence-corrected chi connectivity index (χ3v) is 4.11. The molecule has 0 fully saturated rings. The lowest BCUT2D eigenvalue weighted by Crippen LogP contribution is -2.06. The molecule has 0 aromatic rings. The maximum Gasteiger partial charge on any atom is 0.151 e. The number of hydrogen-bond donors (Lipinski definition) is 1. The van der Waals surface area contributed by atoms with Crippen LogP contribution in [0.5, 0.6) is 0 Å². The zero-order valence-corrected chi connectivity index (χ0v) is 14.7. The standard InChI is InChI=1S/C19H40O2/c1-3-4-5-6-7-8-9-10-11-12-13-14-15-16-17-18-21-19(2)20/h19-20H,3-18H2,1-2H3. The highest BCUT2D eigenvalue weighted by molar-refractivity contribution is 4.49. The van der Waals surface area contributed by atoms with Crippen molar-refractivity contribution < 1.29 is 9.84 Å². The first-order valence-corrected chi connectivity index (χ1v) is 9.57. The van der Waals surface area contributed by atoms with E-state index in [1.165, 1.54) is 89.9 Å². The summed E-state index contributed by atoms with van der Waals surface area (Å²) in [5, 5.41) is 8.95. The predicted octanol–water partition coefficient (Wildman–Crippen LogP) is 6.21. The molecule has 1 unspecified atom stereocenters. The minimum Gasteiger partial charge on any atom is -0.368 e. The van der Waals surface area contributed by atoms with Crippen molar-refractivity contribution in [2.75, 3.05) is 6.61 Å². The van der Waals surface area contributed by atoms with E-state index in [0.717, 1.165) is 6.42 Å². The van der Waals surface area contributed by atoms with Crippen LogP contribution in [0.4, 0.5) is 0 Å². The molecule has 21 heavy (non-hydrogen) atoms. The summed E-state index contributed by atoms with van der Waals surface area (Å²) < 4.78 is 5.11. The summed E-state index contributed by atoms with van der Waals surface area (Å²) >= 11 is 0. The quantitative estimate of drug-likeness (QED) is 0.255. The van der Waals surface area contributed by atoms with Crippen LogP contribution >= 0.6 is 0 Å². The van der Waals surface area contributed by atoms with Crippen molar-refractivity contribution in [3.8, 4) is 0 Å². The van der Waals surface area contributed by atoms with Gasteiger partial charge in [0, 0.05) is 6.61 Å². The molecule has 0 aliphatic carbocycles. The third kappa shape index (κ3) is 19.9. The van der Waals surface area contributed by atoms with Gasteiger partial charge in [0.25, 0.3) is 0 Å². The van der Waals surface area contributed by atoms with E-state index < -0.39 is 6.29 Å². The molecule has 0 rings (SSSR count). The van der Waals surface area contributed by atoms with Gasteiger partial charge in [0.1, 0.15) is 0 Å². The van der Waals surface area contributed by atoms with Crippen LogP contribution in [0.3, 0.4) is 0 Å². The topological polar surface area (TPSA) is 29.5 Å². The number of aliphatic hydroxyl groups is 1. The second-order valence-corrected chi connectivity index (χ2v) is 6.42. The van der Waals surface area contributed by atoms with Crippen molar-refractivity contribution in [2.45, 2.75) is 116 Å². The Bertz CT molecular complexity index is 180. The Labute approximate surface area is 133 Å². The maximum absolute atomic E-state index is 8.95. The number of ether oxygens (including phenoxy) is 1. The van der Waals surface area contributed by atoms with E-state index in [1.807, 2.05) is 0 Å². The molecule has 1 N–H and O–H groups in total. The molecule has 0 saturated heterocycles. The van der Waals surface area contributed by atoms with Crippen LogP contribution in [0, 0.1) is 0 Å². The zero-order chi connectivity index (χ0) is 15.6. The molecule has 0 radical (unpaired) electrons. The third-order valence-electron chi connectivity index (χ3n) is 4.11. The van der Waals surface area contributed by atoms with Crippen molar-refractivity contribution in [3.05, 3.63) is 0 Å². The Morgan fingerprint density at radius 3 is 1.29 bits per heavy atom. The highest BCUT2D eigenvalue weighted by Gasteiger charge is 1.96. The Morgan fingerprint density at radius 1 is 0.619 bits per heavy atom. The highest BCUT2D eigenvalue weighted by atomic mass is 16.6. The summed E-state index contributed by atoms with van der Waals surface area (Å²) in [6, 6.07) is 0. The summed E-state index contributed by atoms with van der Waals surface area (Å²) in [5.74, 6) is 0. The lowest BCUT2D eigenvalue weighted by Gasteiger charge is -2.06. The van der Waals surface area contributed by atoms with E-state index >= 15 is 0 Å². The van der Waals surface area contributed by atoms with Crippen LogP contribution in [0.1, 0.15) is 110 Å². The lowest BCUT2D eigenvalue weighted by molar-refractivity contribution is -0.0859. The van der Waals surface area contributed by atoms with Gasteiger partial charge >= 0.3 is 0 Å². The van der Waals surface area contributed by atoms with Gasteiger partial charge in [-0.2, -0.15) is 0 Å². The minimum absolute atomic E-state index is 0.600. The Balaban J connectivity index is 2.93. The molecule has 0 amide bonds. The number of unbranched alkanes of at least 4 members (excludes halogenated alkanes) is 14. The van der Waals surface area contributed by atoms with Crippen LogP contribution in [0.15, 0.2) is 0 Å². The maximum atomic E-state index is 8.95. The molecule has 0 aliphatic rings. The molecule has 128 valence electrons. The highest BCUT2D eigenvalue weighted by Crippen LogP contribution is 2.13. The lowest BCUT2D eigenvalue weighted by atomic mass is 10.0. The van der Waals surface area contributed by atoms with Crippen molar-refractivity contribution >= 4 is 0 Å². The number of hydrogen-bond acceptors (Lipinski definition) is 2. The molecule has 0 heterocycles. The van der Waals surface area contributed by atoms with Gasteiger partial charge in [-0.3, -0.25) is 0 Å².